The van der Waals surface area contributed by atoms with Gasteiger partial charge < -0.3 is 47.6 Å². The Morgan fingerprint density at radius 1 is 0.936 bits per heavy atom. The number of amides is 2. The Morgan fingerprint density at radius 3 is 2.42 bits per heavy atom. The maximum absolute atomic E-state index is 15.4. The van der Waals surface area contributed by atoms with Crippen LogP contribution in [0.1, 0.15) is 115 Å². The molecule has 14 rings (SSSR count). The van der Waals surface area contributed by atoms with Gasteiger partial charge in [0.15, 0.2) is 0 Å². The van der Waals surface area contributed by atoms with Crippen molar-refractivity contribution in [2.75, 3.05) is 97.5 Å². The Labute approximate surface area is 457 Å². The van der Waals surface area contributed by atoms with Gasteiger partial charge in [-0.05, 0) is 108 Å². The highest BCUT2D eigenvalue weighted by molar-refractivity contribution is 5.96. The number of fused-ring (bicyclic) bond motifs is 7. The summed E-state index contributed by atoms with van der Waals surface area (Å²) in [5.74, 6) is -0.583. The van der Waals surface area contributed by atoms with Crippen molar-refractivity contribution >= 4 is 34.4 Å². The average molecular weight is 1070 g/mol. The molecule has 19 nitrogen and oxygen atoms in total. The van der Waals surface area contributed by atoms with E-state index in [0.717, 1.165) is 89.7 Å². The van der Waals surface area contributed by atoms with Gasteiger partial charge in [-0.15, -0.1) is 0 Å². The lowest BCUT2D eigenvalue weighted by atomic mass is 9.69. The van der Waals surface area contributed by atoms with E-state index < -0.39 is 40.7 Å². The number of rotatable bonds is 12. The standard InChI is InChI=1S/C59H79N9O10/c1-36(72-6)48-43(25-40(29-60-48)65-18-16-64(17-19-65)39-10-11-39)50-44-28-56(2,3)33-77-54(70)45-8-7-15-68(63-45)53(69)49(62-55(71)59-26-38(27-59)57(4,5)78-59)51(66-31-58(32-66)34-74-35-58)52-61-46(30-76-52)37-9-12-47(42(44)24-37)67(50)20-23-75-41-13-21-73-22-14-41/h9,12,24-25,29-30,36,38-39,41,45,49,51,63H,7-8,10-11,13-23,26-28,31-35H2,1-6H3,(H,62,71)/t36-,38?,45-,49-,51-,59?/m0/s1. The molecular weight excluding hydrogens is 995 g/mol. The first kappa shape index (κ1) is 52.4. The summed E-state index contributed by atoms with van der Waals surface area (Å²) in [5.41, 5.74) is 8.62. The third kappa shape index (κ3) is 9.64. The second-order valence-corrected chi connectivity index (χ2v) is 25.6. The van der Waals surface area contributed by atoms with Crippen molar-refractivity contribution in [3.8, 4) is 22.5 Å². The van der Waals surface area contributed by atoms with Crippen LogP contribution >= 0.6 is 0 Å². The number of aromatic nitrogens is 3. The van der Waals surface area contributed by atoms with E-state index in [1.807, 2.05) is 20.0 Å². The van der Waals surface area contributed by atoms with Crippen LogP contribution in [0.2, 0.25) is 0 Å². The van der Waals surface area contributed by atoms with Crippen LogP contribution in [0, 0.1) is 16.7 Å². The first-order chi connectivity index (χ1) is 37.6. The van der Waals surface area contributed by atoms with Gasteiger partial charge in [0.2, 0.25) is 5.89 Å². The number of carbonyl (C=O) groups is 3. The molecule has 19 heteroatoms. The molecule has 420 valence electrons. The van der Waals surface area contributed by atoms with Crippen LogP contribution in [0.4, 0.5) is 5.69 Å². The number of anilines is 1. The summed E-state index contributed by atoms with van der Waals surface area (Å²) in [6.45, 7) is 19.7. The third-order valence-electron chi connectivity index (χ3n) is 18.9. The Bertz CT molecular complexity index is 2920. The third-order valence-corrected chi connectivity index (χ3v) is 18.9. The largest absolute Gasteiger partial charge is 0.464 e. The van der Waals surface area contributed by atoms with Gasteiger partial charge in [0.25, 0.3) is 11.8 Å². The molecule has 0 unspecified atom stereocenters. The molecule has 2 amide bonds. The summed E-state index contributed by atoms with van der Waals surface area (Å²) in [7, 11) is 1.74. The summed E-state index contributed by atoms with van der Waals surface area (Å²) in [6.07, 6.45) is 10.5. The average Bonchev–Trinajstić information content (AvgIpc) is 3.86. The van der Waals surface area contributed by atoms with Gasteiger partial charge >= 0.3 is 5.97 Å². The lowest BCUT2D eigenvalue weighted by molar-refractivity contribution is -0.205. The number of benzene rings is 1. The smallest absolute Gasteiger partial charge is 0.324 e. The number of oxazole rings is 1. The van der Waals surface area contributed by atoms with Gasteiger partial charge in [-0.25, -0.2) is 10.4 Å². The van der Waals surface area contributed by atoms with Gasteiger partial charge in [-0.2, -0.15) is 0 Å². The molecule has 10 aliphatic rings. The maximum atomic E-state index is 15.4. The quantitative estimate of drug-likeness (QED) is 0.158. The van der Waals surface area contributed by atoms with Gasteiger partial charge in [-0.1, -0.05) is 19.9 Å². The number of esters is 1. The number of nitrogens with zero attached hydrogens (tertiary/aromatic N) is 7. The Balaban J connectivity index is 0.948. The fourth-order valence-electron chi connectivity index (χ4n) is 14.0. The molecule has 9 fully saturated rings. The molecule has 8 aliphatic heterocycles. The van der Waals surface area contributed by atoms with E-state index in [1.165, 1.54) is 17.9 Å². The lowest BCUT2D eigenvalue weighted by Crippen LogP contribution is -2.70. The number of nitrogens with one attached hydrogen (secondary N) is 2. The summed E-state index contributed by atoms with van der Waals surface area (Å²) in [6, 6.07) is 6.79. The predicted octanol–water partition coefficient (Wildman–Crippen LogP) is 5.98. The first-order valence-electron chi connectivity index (χ1n) is 29.0. The number of hydrogen-bond acceptors (Lipinski definition) is 16. The topological polar surface area (TPSA) is 187 Å². The zero-order valence-electron chi connectivity index (χ0n) is 46.5. The van der Waals surface area contributed by atoms with E-state index in [1.54, 1.807) is 13.4 Å². The lowest BCUT2D eigenvalue weighted by Gasteiger charge is -2.57. The van der Waals surface area contributed by atoms with Crippen LogP contribution in [0.15, 0.2) is 41.1 Å². The molecule has 1 aromatic carbocycles. The fraction of sp³-hybridized carbons (Fsp3) is 0.678. The molecule has 2 N–H and O–H groups in total. The van der Waals surface area contributed by atoms with Crippen molar-refractivity contribution in [3.63, 3.8) is 0 Å². The molecular formula is C59H79N9O10. The van der Waals surface area contributed by atoms with E-state index in [4.69, 9.17) is 42.8 Å². The van der Waals surface area contributed by atoms with Gasteiger partial charge in [0, 0.05) is 112 Å². The molecule has 11 heterocycles. The van der Waals surface area contributed by atoms with Gasteiger partial charge in [0.05, 0.1) is 67.5 Å². The van der Waals surface area contributed by atoms with Gasteiger partial charge in [-0.3, -0.25) is 34.2 Å². The number of carbonyl (C=O) groups excluding carboxylic acids is 3. The number of piperazine rings is 1. The minimum absolute atomic E-state index is 0.0490. The van der Waals surface area contributed by atoms with E-state index in [2.05, 4.69) is 75.0 Å². The van der Waals surface area contributed by atoms with Crippen molar-refractivity contribution < 1.29 is 47.2 Å². The molecule has 8 bridgehead atoms. The Kier molecular flexibility index (Phi) is 13.6. The molecule has 1 spiro atoms. The molecule has 0 radical (unpaired) electrons. The van der Waals surface area contributed by atoms with Crippen molar-refractivity contribution in [2.24, 2.45) is 16.7 Å². The molecule has 3 aromatic heterocycles. The van der Waals surface area contributed by atoms with Crippen LogP contribution in [-0.4, -0.2) is 175 Å². The summed E-state index contributed by atoms with van der Waals surface area (Å²) < 4.78 is 46.1. The Hall–Kier alpha value is -4.99. The summed E-state index contributed by atoms with van der Waals surface area (Å²) in [5, 5.41) is 5.77. The van der Waals surface area contributed by atoms with Crippen LogP contribution in [-0.2, 0) is 55.8 Å². The van der Waals surface area contributed by atoms with Crippen LogP contribution in [0.5, 0.6) is 0 Å². The number of cyclic esters (lactones) is 1. The van der Waals surface area contributed by atoms with E-state index in [0.29, 0.717) is 103 Å². The zero-order valence-corrected chi connectivity index (χ0v) is 46.5. The van der Waals surface area contributed by atoms with Crippen LogP contribution in [0.3, 0.4) is 0 Å². The minimum atomic E-state index is -1.15. The number of likely N-dealkylation sites (tertiary alicyclic amines) is 1. The number of hydrogen-bond donors (Lipinski definition) is 2. The van der Waals surface area contributed by atoms with E-state index in [9.17, 15) is 9.59 Å². The SMILES string of the molecule is CO[C@@H](C)c1ncc(N2CCN(C3CC3)CC2)cc1-c1c2c3cc(ccc3n1CCOC1CCOCC1)-c1coc(n1)[C@@H](N1CC3(COC3)C1)[C@H](NC(=O)C13CC(C1)C(C)(C)O3)C(=O)N1CCC[C@H](N1)C(=O)OCC(C)(C)C2. The van der Waals surface area contributed by atoms with Crippen molar-refractivity contribution in [3.05, 3.63) is 53.9 Å². The molecule has 7 saturated heterocycles. The fourth-order valence-corrected chi connectivity index (χ4v) is 14.0. The molecule has 4 atom stereocenters. The van der Waals surface area contributed by atoms with Crippen LogP contribution in [0.25, 0.3) is 33.4 Å². The highest BCUT2D eigenvalue weighted by Crippen LogP contribution is 2.58. The normalized spacial score (nSPS) is 29.6. The molecule has 2 aliphatic carbocycles. The number of hydrazine groups is 1. The molecule has 78 heavy (non-hydrogen) atoms. The van der Waals surface area contributed by atoms with Crippen molar-refractivity contribution in [2.45, 2.75) is 147 Å². The Morgan fingerprint density at radius 2 is 1.72 bits per heavy atom. The number of pyridine rings is 1. The summed E-state index contributed by atoms with van der Waals surface area (Å²) in [4.78, 5) is 62.4. The number of methoxy groups -OCH3 is 1. The molecule has 4 aromatic rings. The second kappa shape index (κ2) is 20.2. The van der Waals surface area contributed by atoms with Crippen LogP contribution < -0.4 is 15.6 Å². The first-order valence-corrected chi connectivity index (χ1v) is 29.0. The highest BCUT2D eigenvalue weighted by atomic mass is 16.5. The molecule has 2 saturated carbocycles. The second-order valence-electron chi connectivity index (χ2n) is 25.6. The maximum Gasteiger partial charge on any atom is 0.324 e. The monoisotopic (exact) mass is 1070 g/mol. The van der Waals surface area contributed by atoms with E-state index in [-0.39, 0.29) is 42.0 Å². The van der Waals surface area contributed by atoms with Crippen molar-refractivity contribution in [1.29, 1.82) is 0 Å². The van der Waals surface area contributed by atoms with Gasteiger partial charge in [0.1, 0.15) is 35.7 Å². The van der Waals surface area contributed by atoms with E-state index >= 15 is 4.79 Å². The van der Waals surface area contributed by atoms with Crippen molar-refractivity contribution in [1.82, 2.24) is 40.1 Å². The predicted molar refractivity (Wildman–Crippen MR) is 289 cm³/mol. The minimum Gasteiger partial charge on any atom is -0.464 e. The zero-order chi connectivity index (χ0) is 53.7. The summed E-state index contributed by atoms with van der Waals surface area (Å²) >= 11 is 0. The number of ether oxygens (including phenoxy) is 6. The highest BCUT2D eigenvalue weighted by Gasteiger charge is 2.66.